The monoisotopic (exact) mass is 270 g/mol. The topological polar surface area (TPSA) is 47.3 Å². The van der Waals surface area contributed by atoms with Crippen LogP contribution >= 0.6 is 0 Å². The Bertz CT molecular complexity index is 535. The molecule has 0 saturated carbocycles. The molecular formula is C17H22N2O. The van der Waals surface area contributed by atoms with Gasteiger partial charge in [0.05, 0.1) is 12.3 Å². The van der Waals surface area contributed by atoms with Gasteiger partial charge in [0.25, 0.3) is 0 Å². The third-order valence-corrected chi connectivity index (χ3v) is 2.92. The van der Waals surface area contributed by atoms with Crippen LogP contribution in [-0.2, 0) is 6.54 Å². The smallest absolute Gasteiger partial charge is 0.142 e. The Balaban J connectivity index is 1.99. The zero-order valence-corrected chi connectivity index (χ0v) is 12.1. The summed E-state index contributed by atoms with van der Waals surface area (Å²) in [5.74, 6) is 1.41. The van der Waals surface area contributed by atoms with Gasteiger partial charge >= 0.3 is 0 Å². The molecule has 106 valence electrons. The van der Waals surface area contributed by atoms with Crippen molar-refractivity contribution in [3.63, 3.8) is 0 Å². The number of nitrogens with two attached hydrogens (primary N) is 1. The molecule has 0 aromatic heterocycles. The van der Waals surface area contributed by atoms with E-state index in [0.717, 1.165) is 30.3 Å². The molecule has 0 fully saturated rings. The van der Waals surface area contributed by atoms with Gasteiger partial charge in [-0.25, -0.2) is 0 Å². The van der Waals surface area contributed by atoms with Gasteiger partial charge in [-0.2, -0.15) is 0 Å². The zero-order valence-electron chi connectivity index (χ0n) is 12.1. The molecule has 3 nitrogen and oxygen atoms in total. The number of ether oxygens (including phenoxy) is 1. The van der Waals surface area contributed by atoms with Gasteiger partial charge in [-0.05, 0) is 35.7 Å². The second kappa shape index (κ2) is 6.85. The summed E-state index contributed by atoms with van der Waals surface area (Å²) in [6.45, 7) is 5.76. The van der Waals surface area contributed by atoms with E-state index in [-0.39, 0.29) is 0 Å². The fourth-order valence-corrected chi connectivity index (χ4v) is 1.83. The van der Waals surface area contributed by atoms with Crippen LogP contribution in [0.5, 0.6) is 5.75 Å². The lowest BCUT2D eigenvalue weighted by Crippen LogP contribution is -2.07. The number of nitrogen functional groups attached to an aromatic ring is 1. The fraction of sp³-hybridized carbons (Fsp3) is 0.294. The largest absolute Gasteiger partial charge is 0.491 e. The molecule has 0 bridgehead atoms. The van der Waals surface area contributed by atoms with Gasteiger partial charge in [-0.3, -0.25) is 0 Å². The van der Waals surface area contributed by atoms with Crippen molar-refractivity contribution in [1.82, 2.24) is 0 Å². The van der Waals surface area contributed by atoms with Crippen LogP contribution in [0.2, 0.25) is 0 Å². The summed E-state index contributed by atoms with van der Waals surface area (Å²) >= 11 is 0. The summed E-state index contributed by atoms with van der Waals surface area (Å²) < 4.78 is 5.82. The molecule has 0 radical (unpaired) electrons. The summed E-state index contributed by atoms with van der Waals surface area (Å²) in [6.07, 6.45) is 0. The second-order valence-electron chi connectivity index (χ2n) is 5.30. The van der Waals surface area contributed by atoms with E-state index in [0.29, 0.717) is 5.92 Å². The predicted molar refractivity (Wildman–Crippen MR) is 85.0 cm³/mol. The van der Waals surface area contributed by atoms with Crippen molar-refractivity contribution in [2.24, 2.45) is 5.92 Å². The maximum Gasteiger partial charge on any atom is 0.142 e. The zero-order chi connectivity index (χ0) is 14.4. The normalized spacial score (nSPS) is 10.6. The molecule has 0 saturated heterocycles. The van der Waals surface area contributed by atoms with E-state index < -0.39 is 0 Å². The average molecular weight is 270 g/mol. The minimum Gasteiger partial charge on any atom is -0.491 e. The maximum absolute atomic E-state index is 5.82. The Morgan fingerprint density at radius 3 is 2.45 bits per heavy atom. The number of hydrogen-bond acceptors (Lipinski definition) is 3. The molecule has 0 heterocycles. The molecular weight excluding hydrogens is 248 g/mol. The van der Waals surface area contributed by atoms with Crippen molar-refractivity contribution in [1.29, 1.82) is 0 Å². The summed E-state index contributed by atoms with van der Waals surface area (Å²) in [5, 5.41) is 3.41. The van der Waals surface area contributed by atoms with E-state index in [2.05, 4.69) is 19.2 Å². The van der Waals surface area contributed by atoms with Crippen LogP contribution in [0.1, 0.15) is 19.4 Å². The van der Waals surface area contributed by atoms with E-state index in [4.69, 9.17) is 10.5 Å². The fourth-order valence-electron chi connectivity index (χ4n) is 1.83. The maximum atomic E-state index is 5.82. The van der Waals surface area contributed by atoms with Gasteiger partial charge in [-0.1, -0.05) is 38.1 Å². The first-order valence-corrected chi connectivity index (χ1v) is 6.95. The molecule has 0 unspecified atom stereocenters. The Labute approximate surface area is 120 Å². The molecule has 0 aliphatic carbocycles. The van der Waals surface area contributed by atoms with Gasteiger partial charge in [-0.15, -0.1) is 0 Å². The van der Waals surface area contributed by atoms with E-state index in [1.165, 1.54) is 5.56 Å². The minimum absolute atomic E-state index is 0.514. The molecule has 3 heteroatoms. The number of benzene rings is 2. The van der Waals surface area contributed by atoms with Crippen molar-refractivity contribution in [3.05, 3.63) is 54.1 Å². The lowest BCUT2D eigenvalue weighted by molar-refractivity contribution is 0.272. The lowest BCUT2D eigenvalue weighted by Gasteiger charge is -2.14. The number of nitrogens with one attached hydrogen (secondary N) is 1. The summed E-state index contributed by atoms with van der Waals surface area (Å²) in [7, 11) is 0. The van der Waals surface area contributed by atoms with Crippen molar-refractivity contribution in [2.75, 3.05) is 17.7 Å². The average Bonchev–Trinajstić information content (AvgIpc) is 2.45. The van der Waals surface area contributed by atoms with Crippen LogP contribution in [0.15, 0.2) is 48.5 Å². The number of hydrogen-bond donors (Lipinski definition) is 2. The molecule has 0 aliphatic heterocycles. The van der Waals surface area contributed by atoms with Crippen LogP contribution in [0.3, 0.4) is 0 Å². The van der Waals surface area contributed by atoms with Crippen LogP contribution in [0, 0.1) is 5.92 Å². The summed E-state index contributed by atoms with van der Waals surface area (Å²) in [5.41, 5.74) is 8.68. The summed E-state index contributed by atoms with van der Waals surface area (Å²) in [6, 6.07) is 15.9. The van der Waals surface area contributed by atoms with E-state index in [9.17, 15) is 0 Å². The number of anilines is 2. The first kappa shape index (κ1) is 14.3. The first-order chi connectivity index (χ1) is 9.65. The highest BCUT2D eigenvalue weighted by atomic mass is 16.5. The molecule has 0 atom stereocenters. The first-order valence-electron chi connectivity index (χ1n) is 6.95. The molecule has 0 spiro atoms. The number of para-hydroxylation sites is 2. The standard InChI is InChI=1S/C17H22N2O/c1-13(2)12-20-17-6-4-3-5-16(17)19-11-14-7-9-15(18)10-8-14/h3-10,13,19H,11-12,18H2,1-2H3. The lowest BCUT2D eigenvalue weighted by atomic mass is 10.2. The molecule has 2 aromatic carbocycles. The van der Waals surface area contributed by atoms with Crippen LogP contribution in [-0.4, -0.2) is 6.61 Å². The Hall–Kier alpha value is -2.16. The minimum atomic E-state index is 0.514. The third-order valence-electron chi connectivity index (χ3n) is 2.92. The SMILES string of the molecule is CC(C)COc1ccccc1NCc1ccc(N)cc1. The van der Waals surface area contributed by atoms with E-state index >= 15 is 0 Å². The van der Waals surface area contributed by atoms with Crippen molar-refractivity contribution >= 4 is 11.4 Å². The van der Waals surface area contributed by atoms with Gasteiger partial charge in [0.2, 0.25) is 0 Å². The molecule has 20 heavy (non-hydrogen) atoms. The quantitative estimate of drug-likeness (QED) is 0.782. The molecule has 2 aromatic rings. The Kier molecular flexibility index (Phi) is 4.88. The van der Waals surface area contributed by atoms with Crippen LogP contribution in [0.25, 0.3) is 0 Å². The summed E-state index contributed by atoms with van der Waals surface area (Å²) in [4.78, 5) is 0. The highest BCUT2D eigenvalue weighted by Crippen LogP contribution is 2.24. The predicted octanol–water partition coefficient (Wildman–Crippen LogP) is 3.92. The number of rotatable bonds is 6. The van der Waals surface area contributed by atoms with Gasteiger partial charge in [0.1, 0.15) is 5.75 Å². The van der Waals surface area contributed by atoms with Gasteiger partial charge < -0.3 is 15.8 Å². The van der Waals surface area contributed by atoms with Crippen molar-refractivity contribution in [3.8, 4) is 5.75 Å². The molecule has 2 rings (SSSR count). The second-order valence-corrected chi connectivity index (χ2v) is 5.30. The molecule has 3 N–H and O–H groups in total. The third kappa shape index (κ3) is 4.19. The van der Waals surface area contributed by atoms with Crippen molar-refractivity contribution in [2.45, 2.75) is 20.4 Å². The Morgan fingerprint density at radius 1 is 1.05 bits per heavy atom. The van der Waals surface area contributed by atoms with Gasteiger partial charge in [0.15, 0.2) is 0 Å². The highest BCUT2D eigenvalue weighted by molar-refractivity contribution is 5.56. The van der Waals surface area contributed by atoms with E-state index in [1.807, 2.05) is 48.5 Å². The molecule has 0 amide bonds. The van der Waals surface area contributed by atoms with Crippen molar-refractivity contribution < 1.29 is 4.74 Å². The van der Waals surface area contributed by atoms with Gasteiger partial charge in [0, 0.05) is 12.2 Å². The van der Waals surface area contributed by atoms with Crippen LogP contribution in [0.4, 0.5) is 11.4 Å². The van der Waals surface area contributed by atoms with E-state index in [1.54, 1.807) is 0 Å². The van der Waals surface area contributed by atoms with Crippen LogP contribution < -0.4 is 15.8 Å². The Morgan fingerprint density at radius 2 is 1.75 bits per heavy atom. The molecule has 0 aliphatic rings. The highest BCUT2D eigenvalue weighted by Gasteiger charge is 2.04.